The molecule has 0 aliphatic rings. The van der Waals surface area contributed by atoms with Gasteiger partial charge in [-0.3, -0.25) is 14.7 Å². The first-order valence-corrected chi connectivity index (χ1v) is 9.00. The fraction of sp³-hybridized carbons (Fsp3) is 0.286. The molecule has 0 atom stereocenters. The number of pyridine rings is 1. The van der Waals surface area contributed by atoms with Crippen molar-refractivity contribution < 1.29 is 4.79 Å². The lowest BCUT2D eigenvalue weighted by Gasteiger charge is -2.11. The van der Waals surface area contributed by atoms with Gasteiger partial charge in [0.05, 0.1) is 5.69 Å². The van der Waals surface area contributed by atoms with Crippen LogP contribution < -0.4 is 10.9 Å². The maximum atomic E-state index is 12.8. The van der Waals surface area contributed by atoms with Gasteiger partial charge in [0.25, 0.3) is 11.5 Å². The molecule has 0 spiro atoms. The number of H-pyrrole nitrogens is 1. The second-order valence-corrected chi connectivity index (χ2v) is 6.70. The van der Waals surface area contributed by atoms with Crippen LogP contribution >= 0.6 is 0 Å². The highest BCUT2D eigenvalue weighted by Gasteiger charge is 2.17. The van der Waals surface area contributed by atoms with Crippen molar-refractivity contribution in [1.82, 2.24) is 20.1 Å². The number of nitrogens with zero attached hydrogens (tertiary/aromatic N) is 2. The van der Waals surface area contributed by atoms with Crippen LogP contribution in [0, 0.1) is 20.8 Å². The number of nitrogens with one attached hydrogen (secondary N) is 2. The smallest absolute Gasteiger partial charge is 0.263 e. The molecule has 0 saturated heterocycles. The van der Waals surface area contributed by atoms with Gasteiger partial charge in [-0.1, -0.05) is 30.3 Å². The van der Waals surface area contributed by atoms with Gasteiger partial charge in [0.2, 0.25) is 0 Å². The van der Waals surface area contributed by atoms with Crippen LogP contribution in [-0.2, 0) is 19.5 Å². The summed E-state index contributed by atoms with van der Waals surface area (Å²) in [5.41, 5.74) is 4.47. The summed E-state index contributed by atoms with van der Waals surface area (Å²) in [5.74, 6) is -0.355. The van der Waals surface area contributed by atoms with E-state index in [1.807, 2.05) is 50.2 Å². The number of aromatic amines is 1. The van der Waals surface area contributed by atoms with Crippen LogP contribution in [0.2, 0.25) is 0 Å². The quantitative estimate of drug-likeness (QED) is 0.706. The zero-order valence-corrected chi connectivity index (χ0v) is 15.9. The van der Waals surface area contributed by atoms with Crippen LogP contribution in [0.15, 0.2) is 47.4 Å². The van der Waals surface area contributed by atoms with E-state index in [1.54, 1.807) is 17.7 Å². The molecule has 140 valence electrons. The third kappa shape index (κ3) is 4.16. The molecule has 2 heterocycles. The van der Waals surface area contributed by atoms with Crippen molar-refractivity contribution in [2.75, 3.05) is 0 Å². The van der Waals surface area contributed by atoms with Crippen LogP contribution in [0.4, 0.5) is 0 Å². The van der Waals surface area contributed by atoms with Gasteiger partial charge in [0, 0.05) is 30.5 Å². The first-order chi connectivity index (χ1) is 13.0. The summed E-state index contributed by atoms with van der Waals surface area (Å²) >= 11 is 0. The Hall–Kier alpha value is -3.15. The van der Waals surface area contributed by atoms with Crippen molar-refractivity contribution in [3.8, 4) is 0 Å². The minimum atomic E-state index is -0.355. The lowest BCUT2D eigenvalue weighted by Crippen LogP contribution is -2.34. The van der Waals surface area contributed by atoms with Crippen LogP contribution in [0.5, 0.6) is 0 Å². The van der Waals surface area contributed by atoms with E-state index in [1.165, 1.54) is 0 Å². The van der Waals surface area contributed by atoms with Gasteiger partial charge in [-0.05, 0) is 44.4 Å². The molecular weight excluding hydrogens is 340 g/mol. The Balaban J connectivity index is 1.76. The van der Waals surface area contributed by atoms with E-state index in [0.29, 0.717) is 18.7 Å². The number of hydrogen-bond donors (Lipinski definition) is 2. The van der Waals surface area contributed by atoms with Crippen LogP contribution in [0.25, 0.3) is 0 Å². The molecule has 0 saturated carbocycles. The summed E-state index contributed by atoms with van der Waals surface area (Å²) in [6.07, 6.45) is 2.49. The molecule has 0 fully saturated rings. The normalized spacial score (nSPS) is 10.8. The van der Waals surface area contributed by atoms with Crippen LogP contribution in [-0.4, -0.2) is 20.7 Å². The number of amides is 1. The maximum absolute atomic E-state index is 12.8. The summed E-state index contributed by atoms with van der Waals surface area (Å²) in [6, 6.07) is 11.8. The van der Waals surface area contributed by atoms with Gasteiger partial charge >= 0.3 is 0 Å². The SMILES string of the molecule is Cc1ccn(CCc2ccccc2)c(=O)c1C(=O)NCc1c(C)n[nH]c1C. The second-order valence-electron chi connectivity index (χ2n) is 6.70. The molecule has 3 aromatic rings. The fourth-order valence-electron chi connectivity index (χ4n) is 3.10. The molecule has 2 aromatic heterocycles. The van der Waals surface area contributed by atoms with E-state index in [2.05, 4.69) is 15.5 Å². The molecule has 2 N–H and O–H groups in total. The van der Waals surface area contributed by atoms with Crippen molar-refractivity contribution in [1.29, 1.82) is 0 Å². The molecule has 1 amide bonds. The van der Waals surface area contributed by atoms with Crippen LogP contribution in [0.1, 0.15) is 38.4 Å². The lowest BCUT2D eigenvalue weighted by molar-refractivity contribution is 0.0948. The maximum Gasteiger partial charge on any atom is 0.263 e. The van der Waals surface area contributed by atoms with Crippen molar-refractivity contribution >= 4 is 5.91 Å². The Bertz CT molecular complexity index is 983. The van der Waals surface area contributed by atoms with Crippen molar-refractivity contribution in [2.24, 2.45) is 0 Å². The minimum Gasteiger partial charge on any atom is -0.348 e. The molecule has 0 aliphatic heterocycles. The number of benzene rings is 1. The summed E-state index contributed by atoms with van der Waals surface area (Å²) in [4.78, 5) is 25.5. The number of aryl methyl sites for hydroxylation is 5. The van der Waals surface area contributed by atoms with Gasteiger partial charge < -0.3 is 9.88 Å². The predicted molar refractivity (Wildman–Crippen MR) is 105 cm³/mol. The van der Waals surface area contributed by atoms with Gasteiger partial charge in [-0.15, -0.1) is 0 Å². The van der Waals surface area contributed by atoms with E-state index < -0.39 is 0 Å². The van der Waals surface area contributed by atoms with Crippen molar-refractivity contribution in [2.45, 2.75) is 40.3 Å². The zero-order chi connectivity index (χ0) is 19.4. The summed E-state index contributed by atoms with van der Waals surface area (Å²) < 4.78 is 1.60. The number of aromatic nitrogens is 3. The largest absolute Gasteiger partial charge is 0.348 e. The number of carbonyl (C=O) groups excluding carboxylic acids is 1. The Labute approximate surface area is 158 Å². The molecule has 1 aromatic carbocycles. The molecule has 6 heteroatoms. The topological polar surface area (TPSA) is 79.8 Å². The van der Waals surface area contributed by atoms with Crippen molar-refractivity contribution in [3.63, 3.8) is 0 Å². The summed E-state index contributed by atoms with van der Waals surface area (Å²) in [6.45, 7) is 6.45. The highest BCUT2D eigenvalue weighted by molar-refractivity contribution is 5.95. The third-order valence-corrected chi connectivity index (χ3v) is 4.79. The zero-order valence-electron chi connectivity index (χ0n) is 15.9. The summed E-state index contributed by atoms with van der Waals surface area (Å²) in [7, 11) is 0. The fourth-order valence-corrected chi connectivity index (χ4v) is 3.10. The molecule has 3 rings (SSSR count). The minimum absolute atomic E-state index is 0.198. The lowest BCUT2D eigenvalue weighted by atomic mass is 10.1. The van der Waals surface area contributed by atoms with E-state index >= 15 is 0 Å². The standard InChI is InChI=1S/C21H24N4O2/c1-14-9-11-25(12-10-17-7-5-4-6-8-17)21(27)19(14)20(26)22-13-18-15(2)23-24-16(18)3/h4-9,11H,10,12-13H2,1-3H3,(H,22,26)(H,23,24). The first-order valence-electron chi connectivity index (χ1n) is 9.00. The Kier molecular flexibility index (Phi) is 5.54. The van der Waals surface area contributed by atoms with E-state index in [4.69, 9.17) is 0 Å². The molecular formula is C21H24N4O2. The van der Waals surface area contributed by atoms with E-state index in [-0.39, 0.29) is 17.0 Å². The Morgan fingerprint density at radius 2 is 1.89 bits per heavy atom. The third-order valence-electron chi connectivity index (χ3n) is 4.79. The number of hydrogen-bond acceptors (Lipinski definition) is 3. The first kappa shape index (κ1) is 18.6. The monoisotopic (exact) mass is 364 g/mol. The second kappa shape index (κ2) is 8.03. The molecule has 6 nitrogen and oxygen atoms in total. The molecule has 0 aliphatic carbocycles. The van der Waals surface area contributed by atoms with Gasteiger partial charge in [-0.2, -0.15) is 5.10 Å². The predicted octanol–water partition coefficient (Wildman–Crippen LogP) is 2.67. The highest BCUT2D eigenvalue weighted by Crippen LogP contribution is 2.10. The Morgan fingerprint density at radius 1 is 1.15 bits per heavy atom. The summed E-state index contributed by atoms with van der Waals surface area (Å²) in [5, 5.41) is 9.88. The molecule has 27 heavy (non-hydrogen) atoms. The average molecular weight is 364 g/mol. The molecule has 0 bridgehead atoms. The Morgan fingerprint density at radius 3 is 2.56 bits per heavy atom. The van der Waals surface area contributed by atoms with E-state index in [9.17, 15) is 9.59 Å². The van der Waals surface area contributed by atoms with Gasteiger partial charge in [-0.25, -0.2) is 0 Å². The number of carbonyl (C=O) groups is 1. The average Bonchev–Trinajstić information content (AvgIpc) is 2.98. The van der Waals surface area contributed by atoms with E-state index in [0.717, 1.165) is 28.9 Å². The van der Waals surface area contributed by atoms with Gasteiger partial charge in [0.1, 0.15) is 5.56 Å². The van der Waals surface area contributed by atoms with Gasteiger partial charge in [0.15, 0.2) is 0 Å². The van der Waals surface area contributed by atoms with Crippen LogP contribution in [0.3, 0.4) is 0 Å². The highest BCUT2D eigenvalue weighted by atomic mass is 16.2. The molecule has 0 radical (unpaired) electrons. The van der Waals surface area contributed by atoms with Crippen molar-refractivity contribution in [3.05, 3.63) is 86.6 Å². The number of rotatable bonds is 6. The molecule has 0 unspecified atom stereocenters.